The van der Waals surface area contributed by atoms with Crippen LogP contribution in [0.4, 0.5) is 0 Å². The van der Waals surface area contributed by atoms with Crippen molar-refractivity contribution < 1.29 is 0 Å². The van der Waals surface area contributed by atoms with E-state index in [2.05, 4.69) is 48.1 Å². The predicted octanol–water partition coefficient (Wildman–Crippen LogP) is 5.14. The molecule has 102 valence electrons. The molecule has 1 aromatic carbocycles. The third-order valence-corrected chi connectivity index (χ3v) is 4.87. The van der Waals surface area contributed by atoms with Gasteiger partial charge in [0.25, 0.3) is 0 Å². The van der Waals surface area contributed by atoms with Crippen molar-refractivity contribution in [2.24, 2.45) is 0 Å². The summed E-state index contributed by atoms with van der Waals surface area (Å²) in [5, 5.41) is 1.47. The fourth-order valence-corrected chi connectivity index (χ4v) is 3.27. The fraction of sp³-hybridized carbons (Fsp3) is 0.250. The standard InChI is InChI=1S/C16H15ClN2S/c1-3-10-5-7-13-12(9-10)15(17)19-16(18-13)14-8-6-11(4-2)20-14/h5-9H,3-4H2,1-2H3. The molecule has 0 aliphatic carbocycles. The molecule has 20 heavy (non-hydrogen) atoms. The van der Waals surface area contributed by atoms with Gasteiger partial charge in [-0.05, 0) is 42.7 Å². The predicted molar refractivity (Wildman–Crippen MR) is 86.6 cm³/mol. The van der Waals surface area contributed by atoms with E-state index in [9.17, 15) is 0 Å². The highest BCUT2D eigenvalue weighted by molar-refractivity contribution is 7.15. The molecule has 0 atom stereocenters. The van der Waals surface area contributed by atoms with Crippen molar-refractivity contribution in [3.05, 3.63) is 45.9 Å². The molecule has 3 rings (SSSR count). The van der Waals surface area contributed by atoms with Crippen molar-refractivity contribution in [3.63, 3.8) is 0 Å². The molecule has 2 aromatic heterocycles. The maximum Gasteiger partial charge on any atom is 0.171 e. The molecule has 0 radical (unpaired) electrons. The van der Waals surface area contributed by atoms with E-state index in [0.29, 0.717) is 5.15 Å². The van der Waals surface area contributed by atoms with Gasteiger partial charge < -0.3 is 0 Å². The van der Waals surface area contributed by atoms with E-state index in [4.69, 9.17) is 11.6 Å². The van der Waals surface area contributed by atoms with Crippen LogP contribution in [-0.2, 0) is 12.8 Å². The van der Waals surface area contributed by atoms with E-state index >= 15 is 0 Å². The van der Waals surface area contributed by atoms with Crippen LogP contribution in [0, 0.1) is 0 Å². The summed E-state index contributed by atoms with van der Waals surface area (Å²) in [6.45, 7) is 4.28. The second kappa shape index (κ2) is 5.51. The van der Waals surface area contributed by atoms with E-state index in [1.54, 1.807) is 11.3 Å². The van der Waals surface area contributed by atoms with Gasteiger partial charge in [0.2, 0.25) is 0 Å². The Hall–Kier alpha value is -1.45. The highest BCUT2D eigenvalue weighted by Gasteiger charge is 2.10. The number of hydrogen-bond donors (Lipinski definition) is 0. The third kappa shape index (κ3) is 2.43. The van der Waals surface area contributed by atoms with Gasteiger partial charge in [-0.25, -0.2) is 9.97 Å². The first-order valence-electron chi connectivity index (χ1n) is 6.76. The number of rotatable bonds is 3. The van der Waals surface area contributed by atoms with Crippen LogP contribution in [0.15, 0.2) is 30.3 Å². The van der Waals surface area contributed by atoms with Crippen LogP contribution in [0.25, 0.3) is 21.6 Å². The molecule has 0 aliphatic heterocycles. The minimum absolute atomic E-state index is 0.534. The number of fused-ring (bicyclic) bond motifs is 1. The summed E-state index contributed by atoms with van der Waals surface area (Å²) < 4.78 is 0. The zero-order valence-corrected chi connectivity index (χ0v) is 13.1. The van der Waals surface area contributed by atoms with Crippen LogP contribution in [0.1, 0.15) is 24.3 Å². The smallest absolute Gasteiger partial charge is 0.171 e. The number of halogens is 1. The quantitative estimate of drug-likeness (QED) is 0.626. The molecule has 0 spiro atoms. The van der Waals surface area contributed by atoms with Crippen LogP contribution in [-0.4, -0.2) is 9.97 Å². The summed E-state index contributed by atoms with van der Waals surface area (Å²) in [7, 11) is 0. The van der Waals surface area contributed by atoms with Crippen molar-refractivity contribution in [1.29, 1.82) is 0 Å². The molecule has 0 saturated heterocycles. The first-order chi connectivity index (χ1) is 9.71. The molecule has 4 heteroatoms. The Morgan fingerprint density at radius 1 is 1.05 bits per heavy atom. The second-order valence-electron chi connectivity index (χ2n) is 4.66. The van der Waals surface area contributed by atoms with E-state index in [-0.39, 0.29) is 0 Å². The van der Waals surface area contributed by atoms with Gasteiger partial charge in [0.15, 0.2) is 5.82 Å². The van der Waals surface area contributed by atoms with Crippen molar-refractivity contribution in [2.45, 2.75) is 26.7 Å². The largest absolute Gasteiger partial charge is 0.227 e. The third-order valence-electron chi connectivity index (χ3n) is 3.35. The van der Waals surface area contributed by atoms with Gasteiger partial charge in [0.05, 0.1) is 10.4 Å². The van der Waals surface area contributed by atoms with Crippen LogP contribution in [0.5, 0.6) is 0 Å². The normalized spacial score (nSPS) is 11.2. The van der Waals surface area contributed by atoms with Gasteiger partial charge in [-0.3, -0.25) is 0 Å². The zero-order valence-electron chi connectivity index (χ0n) is 11.5. The summed E-state index contributed by atoms with van der Waals surface area (Å²) >= 11 is 8.06. The van der Waals surface area contributed by atoms with Crippen LogP contribution >= 0.6 is 22.9 Å². The Morgan fingerprint density at radius 3 is 2.60 bits per heavy atom. The number of aryl methyl sites for hydroxylation is 2. The van der Waals surface area contributed by atoms with Crippen LogP contribution in [0.2, 0.25) is 5.15 Å². The average molecular weight is 303 g/mol. The zero-order chi connectivity index (χ0) is 14.1. The average Bonchev–Trinajstić information content (AvgIpc) is 2.96. The van der Waals surface area contributed by atoms with Crippen LogP contribution in [0.3, 0.4) is 0 Å². The number of hydrogen-bond acceptors (Lipinski definition) is 3. The molecular formula is C16H15ClN2S. The minimum atomic E-state index is 0.534. The van der Waals surface area contributed by atoms with Gasteiger partial charge in [-0.15, -0.1) is 11.3 Å². The van der Waals surface area contributed by atoms with Crippen molar-refractivity contribution in [1.82, 2.24) is 9.97 Å². The summed E-state index contributed by atoms with van der Waals surface area (Å²) in [6.07, 6.45) is 2.02. The Balaban J connectivity index is 2.14. The van der Waals surface area contributed by atoms with Crippen molar-refractivity contribution >= 4 is 33.8 Å². The lowest BCUT2D eigenvalue weighted by molar-refractivity contribution is 1.14. The van der Waals surface area contributed by atoms with Gasteiger partial charge in [-0.1, -0.05) is 31.5 Å². The molecule has 0 N–H and O–H groups in total. The molecule has 0 amide bonds. The molecule has 2 heterocycles. The van der Waals surface area contributed by atoms with E-state index in [1.165, 1.54) is 10.4 Å². The van der Waals surface area contributed by atoms with Gasteiger partial charge in [0, 0.05) is 10.3 Å². The van der Waals surface area contributed by atoms with Crippen molar-refractivity contribution in [3.8, 4) is 10.7 Å². The Morgan fingerprint density at radius 2 is 1.90 bits per heavy atom. The Bertz CT molecular complexity index is 764. The van der Waals surface area contributed by atoms with Gasteiger partial charge >= 0.3 is 0 Å². The van der Waals surface area contributed by atoms with Gasteiger partial charge in [0.1, 0.15) is 5.15 Å². The fourth-order valence-electron chi connectivity index (χ4n) is 2.16. The Labute approximate surface area is 127 Å². The lowest BCUT2D eigenvalue weighted by Crippen LogP contribution is -1.91. The minimum Gasteiger partial charge on any atom is -0.227 e. The van der Waals surface area contributed by atoms with E-state index in [0.717, 1.165) is 34.4 Å². The Kier molecular flexibility index (Phi) is 3.72. The topological polar surface area (TPSA) is 25.8 Å². The number of thiophene rings is 1. The highest BCUT2D eigenvalue weighted by atomic mass is 35.5. The molecule has 2 nitrogen and oxygen atoms in total. The highest BCUT2D eigenvalue weighted by Crippen LogP contribution is 2.30. The van der Waals surface area contributed by atoms with Crippen LogP contribution < -0.4 is 0 Å². The molecule has 0 unspecified atom stereocenters. The second-order valence-corrected chi connectivity index (χ2v) is 6.19. The van der Waals surface area contributed by atoms with E-state index < -0.39 is 0 Å². The molecule has 0 bridgehead atoms. The molecule has 0 aliphatic rings. The summed E-state index contributed by atoms with van der Waals surface area (Å²) in [6, 6.07) is 10.4. The summed E-state index contributed by atoms with van der Waals surface area (Å²) in [5.41, 5.74) is 2.16. The number of benzene rings is 1. The lowest BCUT2D eigenvalue weighted by Gasteiger charge is -2.05. The molecule has 0 saturated carbocycles. The van der Waals surface area contributed by atoms with E-state index in [1.807, 2.05) is 6.07 Å². The number of nitrogens with zero attached hydrogens (tertiary/aromatic N) is 2. The number of aromatic nitrogens is 2. The van der Waals surface area contributed by atoms with Gasteiger partial charge in [-0.2, -0.15) is 0 Å². The maximum absolute atomic E-state index is 6.34. The first kappa shape index (κ1) is 13.5. The summed E-state index contributed by atoms with van der Waals surface area (Å²) in [5.74, 6) is 0.719. The first-order valence-corrected chi connectivity index (χ1v) is 7.96. The molecule has 0 fully saturated rings. The lowest BCUT2D eigenvalue weighted by atomic mass is 10.1. The van der Waals surface area contributed by atoms with Crippen molar-refractivity contribution in [2.75, 3.05) is 0 Å². The maximum atomic E-state index is 6.34. The molecular weight excluding hydrogens is 288 g/mol. The SMILES string of the molecule is CCc1ccc2nc(-c3ccc(CC)s3)nc(Cl)c2c1. The summed E-state index contributed by atoms with van der Waals surface area (Å²) in [4.78, 5) is 11.5. The molecule has 3 aromatic rings. The monoisotopic (exact) mass is 302 g/mol.